The Morgan fingerprint density at radius 1 is 1.50 bits per heavy atom. The number of nitrogens with zero attached hydrogens (tertiary/aromatic N) is 1. The number of hydrogen-bond acceptors (Lipinski definition) is 2. The van der Waals surface area contributed by atoms with Crippen molar-refractivity contribution in [2.45, 2.75) is 12.5 Å². The average Bonchev–Trinajstić information content (AvgIpc) is 2.04. The van der Waals surface area contributed by atoms with E-state index in [1.807, 2.05) is 0 Å². The van der Waals surface area contributed by atoms with Crippen molar-refractivity contribution in [3.05, 3.63) is 28.5 Å². The third-order valence-electron chi connectivity index (χ3n) is 1.42. The Labute approximate surface area is 76.9 Å². The molecule has 0 bridgehead atoms. The summed E-state index contributed by atoms with van der Waals surface area (Å²) in [5.41, 5.74) is 5.55. The lowest BCUT2D eigenvalue weighted by atomic mass is 10.1. The maximum absolute atomic E-state index is 12.1. The summed E-state index contributed by atoms with van der Waals surface area (Å²) in [4.78, 5) is 3.79. The fourth-order valence-electron chi connectivity index (χ4n) is 0.783. The molecule has 1 heterocycles. The van der Waals surface area contributed by atoms with Crippen LogP contribution in [-0.4, -0.2) is 11.4 Å². The maximum atomic E-state index is 12.1. The van der Waals surface area contributed by atoms with E-state index in [0.717, 1.165) is 0 Å². The minimum Gasteiger partial charge on any atom is -0.319 e. The molecule has 0 saturated carbocycles. The van der Waals surface area contributed by atoms with Crippen LogP contribution in [0.5, 0.6) is 0 Å². The zero-order valence-corrected chi connectivity index (χ0v) is 7.63. The molecule has 0 aliphatic heterocycles. The molecule has 5 heteroatoms. The molecule has 2 N–H and O–H groups in total. The largest absolute Gasteiger partial charge is 0.319 e. The van der Waals surface area contributed by atoms with Crippen LogP contribution in [0.3, 0.4) is 0 Å². The molecule has 0 unspecified atom stereocenters. The number of alkyl halides is 2. The van der Waals surface area contributed by atoms with Gasteiger partial charge in [0, 0.05) is 11.8 Å². The van der Waals surface area contributed by atoms with Gasteiger partial charge < -0.3 is 5.73 Å². The van der Waals surface area contributed by atoms with E-state index in [0.29, 0.717) is 10.2 Å². The van der Waals surface area contributed by atoms with Gasteiger partial charge in [-0.25, -0.2) is 13.8 Å². The molecule has 0 fully saturated rings. The molecular weight excluding hydrogens is 230 g/mol. The summed E-state index contributed by atoms with van der Waals surface area (Å²) in [5, 5.41) is 0. The van der Waals surface area contributed by atoms with Crippen molar-refractivity contribution in [3.63, 3.8) is 0 Å². The molecule has 0 aromatic carbocycles. The van der Waals surface area contributed by atoms with Gasteiger partial charge in [0.25, 0.3) is 6.43 Å². The van der Waals surface area contributed by atoms with E-state index in [9.17, 15) is 8.78 Å². The molecule has 1 rings (SSSR count). The second-order valence-corrected chi connectivity index (χ2v) is 2.99. The van der Waals surface area contributed by atoms with Gasteiger partial charge in [-0.05, 0) is 22.0 Å². The first kappa shape index (κ1) is 9.54. The Balaban J connectivity index is 2.94. The van der Waals surface area contributed by atoms with Crippen LogP contribution in [-0.2, 0) is 0 Å². The highest BCUT2D eigenvalue weighted by atomic mass is 79.9. The molecule has 0 saturated heterocycles. The monoisotopic (exact) mass is 236 g/mol. The Hall–Kier alpha value is -0.550. The molecule has 0 spiro atoms. The van der Waals surface area contributed by atoms with Gasteiger partial charge >= 0.3 is 0 Å². The van der Waals surface area contributed by atoms with Crippen LogP contribution in [0.25, 0.3) is 0 Å². The molecule has 0 amide bonds. The zero-order valence-electron chi connectivity index (χ0n) is 6.05. The van der Waals surface area contributed by atoms with Gasteiger partial charge in [0.15, 0.2) is 0 Å². The van der Waals surface area contributed by atoms with Gasteiger partial charge in [-0.15, -0.1) is 0 Å². The average molecular weight is 237 g/mol. The third kappa shape index (κ3) is 1.98. The molecule has 1 aromatic rings. The van der Waals surface area contributed by atoms with Crippen molar-refractivity contribution in [1.29, 1.82) is 0 Å². The van der Waals surface area contributed by atoms with Crippen molar-refractivity contribution in [2.75, 3.05) is 0 Å². The van der Waals surface area contributed by atoms with Gasteiger partial charge in [-0.1, -0.05) is 6.07 Å². The maximum Gasteiger partial charge on any atom is 0.257 e. The van der Waals surface area contributed by atoms with Crippen molar-refractivity contribution >= 4 is 15.9 Å². The minimum atomic E-state index is -2.56. The number of nitrogens with two attached hydrogens (primary N) is 1. The highest BCUT2D eigenvalue weighted by molar-refractivity contribution is 9.10. The van der Waals surface area contributed by atoms with Crippen LogP contribution in [0.2, 0.25) is 0 Å². The Morgan fingerprint density at radius 3 is 2.67 bits per heavy atom. The lowest BCUT2D eigenvalue weighted by Gasteiger charge is -2.10. The third-order valence-corrected chi connectivity index (χ3v) is 2.08. The summed E-state index contributed by atoms with van der Waals surface area (Å²) in [6.07, 6.45) is -1.06. The smallest absolute Gasteiger partial charge is 0.257 e. The summed E-state index contributed by atoms with van der Waals surface area (Å²) in [7, 11) is 0. The predicted molar refractivity (Wildman–Crippen MR) is 44.9 cm³/mol. The summed E-state index contributed by atoms with van der Waals surface area (Å²) in [5.74, 6) is 0. The van der Waals surface area contributed by atoms with Crippen LogP contribution in [0.4, 0.5) is 8.78 Å². The number of rotatable bonds is 2. The molecule has 1 atom stereocenters. The fourth-order valence-corrected chi connectivity index (χ4v) is 1.30. The number of pyridine rings is 1. The summed E-state index contributed by atoms with van der Waals surface area (Å²) >= 11 is 3.04. The van der Waals surface area contributed by atoms with Gasteiger partial charge in [-0.3, -0.25) is 0 Å². The van der Waals surface area contributed by atoms with E-state index in [-0.39, 0.29) is 0 Å². The molecule has 12 heavy (non-hydrogen) atoms. The first-order chi connectivity index (χ1) is 5.63. The second-order valence-electron chi connectivity index (χ2n) is 2.24. The summed E-state index contributed by atoms with van der Waals surface area (Å²) in [6, 6.07) is 1.82. The normalized spacial score (nSPS) is 13.4. The van der Waals surface area contributed by atoms with E-state index in [1.165, 1.54) is 12.3 Å². The van der Waals surface area contributed by atoms with E-state index < -0.39 is 12.5 Å². The Morgan fingerprint density at radius 2 is 2.17 bits per heavy atom. The minimum absolute atomic E-state index is 0.326. The molecule has 1 aromatic heterocycles. The van der Waals surface area contributed by atoms with E-state index in [4.69, 9.17) is 5.73 Å². The second kappa shape index (κ2) is 3.91. The van der Waals surface area contributed by atoms with Crippen molar-refractivity contribution in [2.24, 2.45) is 5.73 Å². The number of aromatic nitrogens is 1. The quantitative estimate of drug-likeness (QED) is 0.800. The van der Waals surface area contributed by atoms with Crippen LogP contribution in [0, 0.1) is 0 Å². The van der Waals surface area contributed by atoms with Crippen LogP contribution in [0.15, 0.2) is 22.9 Å². The van der Waals surface area contributed by atoms with Crippen LogP contribution in [0.1, 0.15) is 11.6 Å². The predicted octanol–water partition coefficient (Wildman–Crippen LogP) is 2.11. The number of halogens is 3. The first-order valence-corrected chi connectivity index (χ1v) is 4.06. The fraction of sp³-hybridized carbons (Fsp3) is 0.286. The molecular formula is C7H7BrF2N2. The lowest BCUT2D eigenvalue weighted by molar-refractivity contribution is 0.116. The highest BCUT2D eigenvalue weighted by Crippen LogP contribution is 2.23. The highest BCUT2D eigenvalue weighted by Gasteiger charge is 2.19. The van der Waals surface area contributed by atoms with E-state index in [2.05, 4.69) is 20.9 Å². The van der Waals surface area contributed by atoms with Gasteiger partial charge in [0.1, 0.15) is 4.60 Å². The van der Waals surface area contributed by atoms with Gasteiger partial charge in [-0.2, -0.15) is 0 Å². The zero-order chi connectivity index (χ0) is 9.14. The standard InChI is InChI=1S/C7H7BrF2N2/c8-6-4(2-1-3-12-6)5(11)7(9)10/h1-3,5,7H,11H2/t5-/m0/s1. The number of hydrogen-bond donors (Lipinski definition) is 1. The topological polar surface area (TPSA) is 38.9 Å². The van der Waals surface area contributed by atoms with E-state index >= 15 is 0 Å². The molecule has 66 valence electrons. The summed E-state index contributed by atoms with van der Waals surface area (Å²) < 4.78 is 24.6. The van der Waals surface area contributed by atoms with Crippen LogP contribution < -0.4 is 5.73 Å². The van der Waals surface area contributed by atoms with Gasteiger partial charge in [0.05, 0.1) is 6.04 Å². The lowest BCUT2D eigenvalue weighted by Crippen LogP contribution is -2.19. The summed E-state index contributed by atoms with van der Waals surface area (Å²) in [6.45, 7) is 0. The van der Waals surface area contributed by atoms with Gasteiger partial charge in [0.2, 0.25) is 0 Å². The van der Waals surface area contributed by atoms with Crippen molar-refractivity contribution in [1.82, 2.24) is 4.98 Å². The molecule has 0 aliphatic rings. The SMILES string of the molecule is N[C@@H](c1cccnc1Br)C(F)F. The molecule has 2 nitrogen and oxygen atoms in total. The van der Waals surface area contributed by atoms with Crippen LogP contribution >= 0.6 is 15.9 Å². The van der Waals surface area contributed by atoms with Crippen molar-refractivity contribution in [3.8, 4) is 0 Å². The molecule has 0 aliphatic carbocycles. The first-order valence-electron chi connectivity index (χ1n) is 3.27. The van der Waals surface area contributed by atoms with Crippen molar-refractivity contribution < 1.29 is 8.78 Å². The Bertz CT molecular complexity index is 267. The van der Waals surface area contributed by atoms with E-state index in [1.54, 1.807) is 6.07 Å². The Kier molecular flexibility index (Phi) is 3.11. The molecule has 0 radical (unpaired) electrons.